The predicted molar refractivity (Wildman–Crippen MR) is 135 cm³/mol. The van der Waals surface area contributed by atoms with Crippen LogP contribution in [0.2, 0.25) is 0 Å². The lowest BCUT2D eigenvalue weighted by molar-refractivity contribution is -0.138. The molecule has 1 aromatic heterocycles. The van der Waals surface area contributed by atoms with Gasteiger partial charge in [-0.15, -0.1) is 0 Å². The van der Waals surface area contributed by atoms with Crippen LogP contribution in [0.15, 0.2) is 18.2 Å². The minimum absolute atomic E-state index is 0.0770. The van der Waals surface area contributed by atoms with Crippen molar-refractivity contribution in [1.29, 1.82) is 0 Å². The average molecular weight is 484 g/mol. The van der Waals surface area contributed by atoms with Crippen LogP contribution in [0.4, 0.5) is 5.69 Å². The summed E-state index contributed by atoms with van der Waals surface area (Å²) in [6.07, 6.45) is 6.16. The van der Waals surface area contributed by atoms with Crippen LogP contribution < -0.4 is 10.2 Å². The van der Waals surface area contributed by atoms with Crippen molar-refractivity contribution in [1.82, 2.24) is 20.0 Å². The van der Waals surface area contributed by atoms with Crippen molar-refractivity contribution >= 4 is 34.8 Å². The number of piperazine rings is 1. The number of aromatic nitrogens is 2. The number of carbonyl (C=O) groups excluding carboxylic acids is 2. The molecule has 35 heavy (non-hydrogen) atoms. The van der Waals surface area contributed by atoms with Crippen LogP contribution in [0.25, 0.3) is 10.9 Å². The van der Waals surface area contributed by atoms with Crippen molar-refractivity contribution in [2.75, 3.05) is 38.1 Å². The molecule has 1 aliphatic heterocycles. The molecule has 2 heterocycles. The number of nitrogens with one attached hydrogen (secondary N) is 1. The maximum atomic E-state index is 11.8. The quantitative estimate of drug-likeness (QED) is 0.528. The van der Waals surface area contributed by atoms with Crippen molar-refractivity contribution in [2.24, 2.45) is 13.0 Å². The monoisotopic (exact) mass is 483 g/mol. The highest BCUT2D eigenvalue weighted by Crippen LogP contribution is 2.32. The number of amides is 1. The van der Waals surface area contributed by atoms with Gasteiger partial charge in [-0.3, -0.25) is 19.2 Å². The molecule has 1 atom stereocenters. The maximum absolute atomic E-state index is 11.8. The topological polar surface area (TPSA) is 108 Å². The van der Waals surface area contributed by atoms with E-state index in [0.717, 1.165) is 80.4 Å². The summed E-state index contributed by atoms with van der Waals surface area (Å²) in [4.78, 5) is 39.4. The van der Waals surface area contributed by atoms with Crippen LogP contribution in [-0.2, 0) is 21.4 Å². The van der Waals surface area contributed by atoms with E-state index in [-0.39, 0.29) is 5.91 Å². The summed E-state index contributed by atoms with van der Waals surface area (Å²) < 4.78 is 1.83. The zero-order valence-electron chi connectivity index (χ0n) is 20.8. The predicted octanol–water partition coefficient (Wildman–Crippen LogP) is 2.54. The first-order valence-electron chi connectivity index (χ1n) is 12.7. The lowest BCUT2D eigenvalue weighted by Crippen LogP contribution is -2.51. The van der Waals surface area contributed by atoms with E-state index in [9.17, 15) is 14.4 Å². The molecular weight excluding hydrogens is 446 g/mol. The van der Waals surface area contributed by atoms with Gasteiger partial charge < -0.3 is 20.1 Å². The van der Waals surface area contributed by atoms with Gasteiger partial charge in [-0.05, 0) is 56.2 Å². The van der Waals surface area contributed by atoms with E-state index in [1.54, 1.807) is 7.05 Å². The Morgan fingerprint density at radius 3 is 2.51 bits per heavy atom. The third-order valence-corrected chi connectivity index (χ3v) is 7.82. The lowest BCUT2D eigenvalue weighted by atomic mass is 9.83. The van der Waals surface area contributed by atoms with Crippen molar-refractivity contribution in [3.8, 4) is 0 Å². The zero-order chi connectivity index (χ0) is 24.9. The SMILES string of the molecule is CNC(=O)CCC(C=O)c1nn(C)c2cc(N3CCN(C4CCC(CC(=O)O)CC4)CC3)ccc12. The number of aldehydes is 1. The summed E-state index contributed by atoms with van der Waals surface area (Å²) in [5.41, 5.74) is 2.88. The number of hydrogen-bond donors (Lipinski definition) is 2. The fourth-order valence-electron chi connectivity index (χ4n) is 5.73. The first kappa shape index (κ1) is 25.2. The number of carbonyl (C=O) groups is 3. The van der Waals surface area contributed by atoms with Gasteiger partial charge in [-0.1, -0.05) is 0 Å². The molecule has 2 fully saturated rings. The van der Waals surface area contributed by atoms with E-state index < -0.39 is 11.9 Å². The van der Waals surface area contributed by atoms with Gasteiger partial charge in [0.1, 0.15) is 6.29 Å². The van der Waals surface area contributed by atoms with E-state index in [0.29, 0.717) is 31.2 Å². The summed E-state index contributed by atoms with van der Waals surface area (Å²) in [6, 6.07) is 6.89. The van der Waals surface area contributed by atoms with E-state index in [1.165, 1.54) is 0 Å². The number of hydrogen-bond acceptors (Lipinski definition) is 6. The average Bonchev–Trinajstić information content (AvgIpc) is 3.20. The molecule has 4 rings (SSSR count). The number of benzene rings is 1. The Balaban J connectivity index is 1.38. The van der Waals surface area contributed by atoms with Gasteiger partial charge in [-0.2, -0.15) is 5.10 Å². The minimum atomic E-state index is -0.676. The Hall–Kier alpha value is -2.94. The second-order valence-corrected chi connectivity index (χ2v) is 9.96. The van der Waals surface area contributed by atoms with Crippen LogP contribution in [-0.4, -0.2) is 77.2 Å². The van der Waals surface area contributed by atoms with E-state index in [1.807, 2.05) is 11.7 Å². The van der Waals surface area contributed by atoms with Gasteiger partial charge in [0.05, 0.1) is 17.1 Å². The molecule has 2 aromatic rings. The van der Waals surface area contributed by atoms with Gasteiger partial charge in [0, 0.05) is 70.2 Å². The Morgan fingerprint density at radius 2 is 1.89 bits per heavy atom. The standard InChI is InChI=1S/C26H37N5O4/c1-27-24(33)10-5-19(17-32)26-22-9-8-21(16-23(22)29(2)28-26)31-13-11-30(12-14-31)20-6-3-18(4-7-20)15-25(34)35/h8-9,16-20H,3-7,10-15H2,1-2H3,(H,27,33)(H,34,35). The highest BCUT2D eigenvalue weighted by molar-refractivity contribution is 5.88. The highest BCUT2D eigenvalue weighted by Gasteiger charge is 2.29. The third kappa shape index (κ3) is 5.83. The Labute approximate surface area is 206 Å². The Morgan fingerprint density at radius 1 is 1.17 bits per heavy atom. The number of carboxylic acids is 1. The molecule has 2 N–H and O–H groups in total. The minimum Gasteiger partial charge on any atom is -0.481 e. The van der Waals surface area contributed by atoms with Crippen LogP contribution >= 0.6 is 0 Å². The molecule has 1 unspecified atom stereocenters. The molecule has 0 radical (unpaired) electrons. The number of carboxylic acid groups (broad SMARTS) is 1. The molecule has 0 spiro atoms. The largest absolute Gasteiger partial charge is 0.481 e. The van der Waals surface area contributed by atoms with Gasteiger partial charge >= 0.3 is 5.97 Å². The normalized spacial score (nSPS) is 22.2. The van der Waals surface area contributed by atoms with Gasteiger partial charge in [-0.25, -0.2) is 0 Å². The Kier molecular flexibility index (Phi) is 8.05. The molecule has 1 saturated heterocycles. The van der Waals surface area contributed by atoms with E-state index in [2.05, 4.69) is 38.4 Å². The van der Waals surface area contributed by atoms with Crippen molar-refractivity contribution in [3.05, 3.63) is 23.9 Å². The summed E-state index contributed by atoms with van der Waals surface area (Å²) in [5.74, 6) is -0.823. The van der Waals surface area contributed by atoms with Crippen molar-refractivity contribution in [3.63, 3.8) is 0 Å². The van der Waals surface area contributed by atoms with Crippen molar-refractivity contribution in [2.45, 2.75) is 56.9 Å². The number of aryl methyl sites for hydroxylation is 1. The second-order valence-electron chi connectivity index (χ2n) is 9.96. The lowest BCUT2D eigenvalue weighted by Gasteiger charge is -2.42. The Bertz CT molecular complexity index is 1050. The van der Waals surface area contributed by atoms with Crippen LogP contribution in [0.5, 0.6) is 0 Å². The molecule has 1 amide bonds. The molecule has 1 aromatic carbocycles. The fourth-order valence-corrected chi connectivity index (χ4v) is 5.73. The molecule has 190 valence electrons. The molecule has 2 aliphatic rings. The van der Waals surface area contributed by atoms with Gasteiger partial charge in [0.15, 0.2) is 0 Å². The van der Waals surface area contributed by atoms with Crippen LogP contribution in [0.1, 0.15) is 56.6 Å². The smallest absolute Gasteiger partial charge is 0.303 e. The molecule has 1 aliphatic carbocycles. The molecule has 9 heteroatoms. The second kappa shape index (κ2) is 11.2. The molecular formula is C26H37N5O4. The number of nitrogens with zero attached hydrogens (tertiary/aromatic N) is 4. The summed E-state index contributed by atoms with van der Waals surface area (Å²) in [5, 5.41) is 17.2. The first-order chi connectivity index (χ1) is 16.9. The van der Waals surface area contributed by atoms with Gasteiger partial charge in [0.2, 0.25) is 5.91 Å². The summed E-state index contributed by atoms with van der Waals surface area (Å²) in [6.45, 7) is 3.92. The summed E-state index contributed by atoms with van der Waals surface area (Å²) >= 11 is 0. The van der Waals surface area contributed by atoms with E-state index in [4.69, 9.17) is 5.11 Å². The highest BCUT2D eigenvalue weighted by atomic mass is 16.4. The molecule has 1 saturated carbocycles. The maximum Gasteiger partial charge on any atom is 0.303 e. The number of aliphatic carboxylic acids is 1. The third-order valence-electron chi connectivity index (χ3n) is 7.82. The van der Waals surface area contributed by atoms with Crippen LogP contribution in [0, 0.1) is 5.92 Å². The fraction of sp³-hybridized carbons (Fsp3) is 0.615. The van der Waals surface area contributed by atoms with Crippen molar-refractivity contribution < 1.29 is 19.5 Å². The number of rotatable bonds is 9. The first-order valence-corrected chi connectivity index (χ1v) is 12.7. The molecule has 0 bridgehead atoms. The zero-order valence-corrected chi connectivity index (χ0v) is 20.8. The summed E-state index contributed by atoms with van der Waals surface area (Å²) in [7, 11) is 3.50. The van der Waals surface area contributed by atoms with Gasteiger partial charge in [0.25, 0.3) is 0 Å². The van der Waals surface area contributed by atoms with Crippen LogP contribution in [0.3, 0.4) is 0 Å². The van der Waals surface area contributed by atoms with E-state index >= 15 is 0 Å². The molecule has 9 nitrogen and oxygen atoms in total. The number of anilines is 1. The number of fused-ring (bicyclic) bond motifs is 1.